The second-order valence-corrected chi connectivity index (χ2v) is 6.54. The molecule has 1 atom stereocenters. The summed E-state index contributed by atoms with van der Waals surface area (Å²) in [5.41, 5.74) is 3.40. The molecule has 0 radical (unpaired) electrons. The van der Waals surface area contributed by atoms with Crippen LogP contribution in [0.4, 0.5) is 0 Å². The van der Waals surface area contributed by atoms with E-state index in [0.29, 0.717) is 13.1 Å². The number of aryl methyl sites for hydroxylation is 1. The molecule has 0 aromatic heterocycles. The summed E-state index contributed by atoms with van der Waals surface area (Å²) in [7, 11) is 5.35. The Balaban J connectivity index is 1.81. The maximum Gasteiger partial charge on any atom is 0.275 e. The van der Waals surface area contributed by atoms with Gasteiger partial charge in [-0.25, -0.2) is 0 Å². The smallest absolute Gasteiger partial charge is 0.275 e. The number of nitrogens with one attached hydrogen (secondary N) is 2. The van der Waals surface area contributed by atoms with Crippen molar-refractivity contribution in [3.63, 3.8) is 0 Å². The Kier molecular flexibility index (Phi) is 7.48. The molecule has 0 aliphatic heterocycles. The zero-order valence-corrected chi connectivity index (χ0v) is 16.1. The predicted molar refractivity (Wildman–Crippen MR) is 103 cm³/mol. The van der Waals surface area contributed by atoms with Gasteiger partial charge in [0.05, 0.1) is 21.3 Å². The quantitative estimate of drug-likeness (QED) is 0.713. The summed E-state index contributed by atoms with van der Waals surface area (Å²) in [4.78, 5) is 13.3. The molecule has 0 fully saturated rings. The van der Waals surface area contributed by atoms with Crippen LogP contribution in [-0.2, 0) is 17.8 Å². The number of hydrogen-bond acceptors (Lipinski definition) is 3. The summed E-state index contributed by atoms with van der Waals surface area (Å²) in [6.45, 7) is 3.82. The standard InChI is InChI=1S/C21H28N2O3/c1-16-9-10-20(26-4)18(13-16)14-23(2)15-21(24)22-12-11-17-7-5-6-8-19(17)25-3/h5-10,13H,11-12,14-15H2,1-4H3,(H,22,24)/p+1. The molecule has 1 unspecified atom stereocenters. The number of likely N-dealkylation sites (N-methyl/N-ethyl adjacent to an activating group) is 1. The van der Waals surface area contributed by atoms with Gasteiger partial charge in [-0.1, -0.05) is 29.8 Å². The van der Waals surface area contributed by atoms with Crippen LogP contribution in [0.3, 0.4) is 0 Å². The lowest BCUT2D eigenvalue weighted by Crippen LogP contribution is -3.08. The Morgan fingerprint density at radius 2 is 1.73 bits per heavy atom. The summed E-state index contributed by atoms with van der Waals surface area (Å²) in [5.74, 6) is 1.77. The minimum atomic E-state index is 0.0454. The molecule has 0 spiro atoms. The second-order valence-electron chi connectivity index (χ2n) is 6.54. The molecule has 5 heteroatoms. The molecule has 140 valence electrons. The molecule has 0 heterocycles. The van der Waals surface area contributed by atoms with Crippen molar-refractivity contribution in [3.8, 4) is 11.5 Å². The van der Waals surface area contributed by atoms with E-state index >= 15 is 0 Å². The highest BCUT2D eigenvalue weighted by molar-refractivity contribution is 5.76. The van der Waals surface area contributed by atoms with Crippen LogP contribution in [0.2, 0.25) is 0 Å². The van der Waals surface area contributed by atoms with Crippen LogP contribution in [0.25, 0.3) is 0 Å². The van der Waals surface area contributed by atoms with E-state index < -0.39 is 0 Å². The van der Waals surface area contributed by atoms with Crippen molar-refractivity contribution in [1.82, 2.24) is 5.32 Å². The molecule has 2 aromatic rings. The minimum Gasteiger partial charge on any atom is -0.496 e. The summed E-state index contributed by atoms with van der Waals surface area (Å²) in [6, 6.07) is 14.0. The molecule has 1 amide bonds. The number of ether oxygens (including phenoxy) is 2. The van der Waals surface area contributed by atoms with Gasteiger partial charge in [0.15, 0.2) is 6.54 Å². The van der Waals surface area contributed by atoms with Gasteiger partial charge in [0.1, 0.15) is 18.0 Å². The number of carbonyl (C=O) groups is 1. The van der Waals surface area contributed by atoms with E-state index in [-0.39, 0.29) is 5.91 Å². The Bertz CT molecular complexity index is 731. The van der Waals surface area contributed by atoms with Crippen molar-refractivity contribution in [1.29, 1.82) is 0 Å². The topological polar surface area (TPSA) is 52.0 Å². The van der Waals surface area contributed by atoms with Crippen molar-refractivity contribution < 1.29 is 19.2 Å². The van der Waals surface area contributed by atoms with Gasteiger partial charge in [-0.15, -0.1) is 0 Å². The lowest BCUT2D eigenvalue weighted by atomic mass is 10.1. The monoisotopic (exact) mass is 357 g/mol. The van der Waals surface area contributed by atoms with Gasteiger partial charge in [-0.2, -0.15) is 0 Å². The summed E-state index contributed by atoms with van der Waals surface area (Å²) in [6.07, 6.45) is 0.750. The predicted octanol–water partition coefficient (Wildman–Crippen LogP) is 1.39. The first-order valence-electron chi connectivity index (χ1n) is 8.87. The largest absolute Gasteiger partial charge is 0.496 e. The maximum absolute atomic E-state index is 12.2. The third-order valence-corrected chi connectivity index (χ3v) is 4.30. The van der Waals surface area contributed by atoms with E-state index in [2.05, 4.69) is 18.3 Å². The molecule has 0 bridgehead atoms. The zero-order valence-electron chi connectivity index (χ0n) is 16.1. The van der Waals surface area contributed by atoms with Crippen LogP contribution in [0.1, 0.15) is 16.7 Å². The third kappa shape index (κ3) is 5.77. The van der Waals surface area contributed by atoms with Gasteiger partial charge < -0.3 is 19.7 Å². The Hall–Kier alpha value is -2.53. The van der Waals surface area contributed by atoms with Crippen molar-refractivity contribution in [2.24, 2.45) is 0 Å². The molecule has 0 aliphatic carbocycles. The molecule has 0 aliphatic rings. The van der Waals surface area contributed by atoms with Gasteiger partial charge in [0, 0.05) is 12.1 Å². The fourth-order valence-corrected chi connectivity index (χ4v) is 3.02. The van der Waals surface area contributed by atoms with Gasteiger partial charge in [0.2, 0.25) is 0 Å². The van der Waals surface area contributed by atoms with Crippen molar-refractivity contribution >= 4 is 5.91 Å². The lowest BCUT2D eigenvalue weighted by Gasteiger charge is -2.16. The highest BCUT2D eigenvalue weighted by Gasteiger charge is 2.13. The zero-order chi connectivity index (χ0) is 18.9. The Labute approximate surface area is 155 Å². The van der Waals surface area contributed by atoms with Crippen LogP contribution in [-0.4, -0.2) is 40.3 Å². The number of hydrogen-bond donors (Lipinski definition) is 2. The summed E-state index contributed by atoms with van der Waals surface area (Å²) in [5, 5.41) is 2.99. The average Bonchev–Trinajstić information content (AvgIpc) is 2.62. The highest BCUT2D eigenvalue weighted by atomic mass is 16.5. The van der Waals surface area contributed by atoms with E-state index in [0.717, 1.165) is 40.5 Å². The molecule has 2 rings (SSSR count). The molecule has 2 aromatic carbocycles. The Morgan fingerprint density at radius 3 is 2.46 bits per heavy atom. The first-order valence-corrected chi connectivity index (χ1v) is 8.87. The molecule has 0 saturated heterocycles. The number of benzene rings is 2. The molecular formula is C21H29N2O3+. The van der Waals surface area contributed by atoms with Crippen molar-refractivity contribution in [2.45, 2.75) is 19.9 Å². The van der Waals surface area contributed by atoms with Crippen LogP contribution < -0.4 is 19.7 Å². The van der Waals surface area contributed by atoms with Crippen molar-refractivity contribution in [3.05, 3.63) is 59.2 Å². The van der Waals surface area contributed by atoms with E-state index in [1.165, 1.54) is 5.56 Å². The number of carbonyl (C=O) groups excluding carboxylic acids is 1. The highest BCUT2D eigenvalue weighted by Crippen LogP contribution is 2.18. The van der Waals surface area contributed by atoms with Crippen molar-refractivity contribution in [2.75, 3.05) is 34.4 Å². The number of para-hydroxylation sites is 1. The van der Waals surface area contributed by atoms with E-state index in [4.69, 9.17) is 9.47 Å². The molecule has 26 heavy (non-hydrogen) atoms. The third-order valence-electron chi connectivity index (χ3n) is 4.30. The first kappa shape index (κ1) is 19.8. The first-order chi connectivity index (χ1) is 12.5. The van der Waals surface area contributed by atoms with Crippen LogP contribution in [0, 0.1) is 6.92 Å². The normalized spacial score (nSPS) is 11.7. The van der Waals surface area contributed by atoms with Gasteiger partial charge >= 0.3 is 0 Å². The number of methoxy groups -OCH3 is 2. The summed E-state index contributed by atoms with van der Waals surface area (Å²) >= 11 is 0. The number of amides is 1. The molecule has 5 nitrogen and oxygen atoms in total. The fourth-order valence-electron chi connectivity index (χ4n) is 3.02. The second kappa shape index (κ2) is 9.82. The fraction of sp³-hybridized carbons (Fsp3) is 0.381. The SMILES string of the molecule is COc1ccccc1CCNC(=O)C[NH+](C)Cc1cc(C)ccc1OC. The van der Waals surface area contributed by atoms with Crippen LogP contribution in [0.15, 0.2) is 42.5 Å². The minimum absolute atomic E-state index is 0.0454. The number of quaternary nitrogens is 1. The van der Waals surface area contributed by atoms with E-state index in [1.54, 1.807) is 14.2 Å². The van der Waals surface area contributed by atoms with Crippen LogP contribution in [0.5, 0.6) is 11.5 Å². The van der Waals surface area contributed by atoms with E-state index in [9.17, 15) is 4.79 Å². The molecular weight excluding hydrogens is 328 g/mol. The maximum atomic E-state index is 12.2. The average molecular weight is 357 g/mol. The van der Waals surface area contributed by atoms with E-state index in [1.807, 2.05) is 43.4 Å². The summed E-state index contributed by atoms with van der Waals surface area (Å²) < 4.78 is 10.8. The lowest BCUT2D eigenvalue weighted by molar-refractivity contribution is -0.885. The van der Waals surface area contributed by atoms with Gasteiger partial charge in [-0.3, -0.25) is 4.79 Å². The van der Waals surface area contributed by atoms with Crippen LogP contribution >= 0.6 is 0 Å². The molecule has 2 N–H and O–H groups in total. The van der Waals surface area contributed by atoms with Gasteiger partial charge in [0.25, 0.3) is 5.91 Å². The Morgan fingerprint density at radius 1 is 1.04 bits per heavy atom. The number of rotatable bonds is 9. The van der Waals surface area contributed by atoms with Gasteiger partial charge in [-0.05, 0) is 37.1 Å². The molecule has 0 saturated carbocycles.